The molecule has 1 atom stereocenters. The van der Waals surface area contributed by atoms with Gasteiger partial charge in [0.1, 0.15) is 0 Å². The van der Waals surface area contributed by atoms with Gasteiger partial charge in [0.05, 0.1) is 0 Å². The van der Waals surface area contributed by atoms with Gasteiger partial charge < -0.3 is 5.32 Å². The molecule has 0 aliphatic carbocycles. The molecule has 0 saturated carbocycles. The first-order valence-electron chi connectivity index (χ1n) is 6.67. The lowest BCUT2D eigenvalue weighted by atomic mass is 10.00. The van der Waals surface area contributed by atoms with Crippen molar-refractivity contribution in [1.82, 2.24) is 10.3 Å². The summed E-state index contributed by atoms with van der Waals surface area (Å²) in [4.78, 5) is 4.20. The Balaban J connectivity index is 2.16. The van der Waals surface area contributed by atoms with Gasteiger partial charge in [-0.15, -0.1) is 0 Å². The molecule has 1 N–H and O–H groups in total. The van der Waals surface area contributed by atoms with Crippen LogP contribution in [0.2, 0.25) is 0 Å². The van der Waals surface area contributed by atoms with E-state index in [0.717, 1.165) is 19.4 Å². The van der Waals surface area contributed by atoms with Crippen LogP contribution in [0, 0.1) is 3.57 Å². The smallest absolute Gasteiger partial charge is 0.0361 e. The van der Waals surface area contributed by atoms with Gasteiger partial charge in [0.15, 0.2) is 0 Å². The first-order valence-corrected chi connectivity index (χ1v) is 7.75. The van der Waals surface area contributed by atoms with Crippen LogP contribution in [0.15, 0.2) is 48.8 Å². The van der Waals surface area contributed by atoms with Gasteiger partial charge >= 0.3 is 0 Å². The Kier molecular flexibility index (Phi) is 5.79. The van der Waals surface area contributed by atoms with Gasteiger partial charge in [-0.3, -0.25) is 4.98 Å². The lowest BCUT2D eigenvalue weighted by Gasteiger charge is -2.19. The van der Waals surface area contributed by atoms with Crippen LogP contribution in [-0.2, 0) is 6.42 Å². The zero-order chi connectivity index (χ0) is 13.5. The molecule has 2 aromatic rings. The second-order valence-corrected chi connectivity index (χ2v) is 5.87. The molecule has 0 saturated heterocycles. The molecule has 1 unspecified atom stereocenters. The summed E-state index contributed by atoms with van der Waals surface area (Å²) < 4.78 is 1.28. The predicted molar refractivity (Wildman–Crippen MR) is 88.1 cm³/mol. The summed E-state index contributed by atoms with van der Waals surface area (Å²) in [5.74, 6) is 0. The first-order chi connectivity index (χ1) is 9.29. The van der Waals surface area contributed by atoms with Crippen molar-refractivity contribution in [2.75, 3.05) is 6.54 Å². The number of aromatic nitrogens is 1. The SMILES string of the molecule is CCCNC(Cc1cccnc1)c1cccc(I)c1. The van der Waals surface area contributed by atoms with Gasteiger partial charge in [-0.1, -0.05) is 25.1 Å². The average molecular weight is 366 g/mol. The molecule has 19 heavy (non-hydrogen) atoms. The van der Waals surface area contributed by atoms with E-state index in [1.54, 1.807) is 0 Å². The van der Waals surface area contributed by atoms with Gasteiger partial charge in [-0.25, -0.2) is 0 Å². The van der Waals surface area contributed by atoms with Gasteiger partial charge in [-0.05, 0) is 71.3 Å². The van der Waals surface area contributed by atoms with Crippen molar-refractivity contribution in [2.45, 2.75) is 25.8 Å². The molecule has 0 aliphatic heterocycles. The molecule has 2 rings (SSSR count). The van der Waals surface area contributed by atoms with Gasteiger partial charge in [0.2, 0.25) is 0 Å². The minimum absolute atomic E-state index is 0.360. The second-order valence-electron chi connectivity index (χ2n) is 4.63. The lowest BCUT2D eigenvalue weighted by molar-refractivity contribution is 0.528. The standard InChI is InChI=1S/C16H19IN2/c1-2-8-19-16(10-13-5-4-9-18-12-13)14-6-3-7-15(17)11-14/h3-7,9,11-12,16,19H,2,8,10H2,1H3. The molecule has 0 amide bonds. The van der Waals surface area contributed by atoms with Gasteiger partial charge in [0, 0.05) is 22.0 Å². The summed E-state index contributed by atoms with van der Waals surface area (Å²) in [5, 5.41) is 3.63. The molecule has 0 spiro atoms. The molecule has 3 heteroatoms. The van der Waals surface area contributed by atoms with E-state index in [1.165, 1.54) is 14.7 Å². The third-order valence-corrected chi connectivity index (χ3v) is 3.73. The lowest BCUT2D eigenvalue weighted by Crippen LogP contribution is -2.24. The Hall–Kier alpha value is -0.940. The Morgan fingerprint density at radius 2 is 2.16 bits per heavy atom. The van der Waals surface area contributed by atoms with Crippen molar-refractivity contribution >= 4 is 22.6 Å². The molecule has 100 valence electrons. The summed E-state index contributed by atoms with van der Waals surface area (Å²) >= 11 is 2.37. The van der Waals surface area contributed by atoms with Gasteiger partial charge in [0.25, 0.3) is 0 Å². The fraction of sp³-hybridized carbons (Fsp3) is 0.312. The van der Waals surface area contributed by atoms with Crippen LogP contribution < -0.4 is 5.32 Å². The maximum Gasteiger partial charge on any atom is 0.0361 e. The predicted octanol–water partition coefficient (Wildman–Crippen LogP) is 3.97. The third kappa shape index (κ3) is 4.58. The molecule has 1 aromatic carbocycles. The molecule has 0 fully saturated rings. The van der Waals surface area contributed by atoms with Crippen molar-refractivity contribution in [3.05, 3.63) is 63.5 Å². The zero-order valence-electron chi connectivity index (χ0n) is 11.1. The molecule has 1 heterocycles. The Bertz CT molecular complexity index is 499. The van der Waals surface area contributed by atoms with E-state index >= 15 is 0 Å². The van der Waals surface area contributed by atoms with Crippen LogP contribution in [0.3, 0.4) is 0 Å². The van der Waals surface area contributed by atoms with Crippen molar-refractivity contribution in [3.63, 3.8) is 0 Å². The fourth-order valence-corrected chi connectivity index (χ4v) is 2.67. The van der Waals surface area contributed by atoms with E-state index in [4.69, 9.17) is 0 Å². The highest BCUT2D eigenvalue weighted by Crippen LogP contribution is 2.20. The monoisotopic (exact) mass is 366 g/mol. The summed E-state index contributed by atoms with van der Waals surface area (Å²) in [6.45, 7) is 3.24. The maximum absolute atomic E-state index is 4.20. The van der Waals surface area contributed by atoms with E-state index < -0.39 is 0 Å². The van der Waals surface area contributed by atoms with Crippen LogP contribution >= 0.6 is 22.6 Å². The largest absolute Gasteiger partial charge is 0.310 e. The Labute approximate surface area is 128 Å². The molecular formula is C16H19IN2. The molecule has 0 radical (unpaired) electrons. The van der Waals surface area contributed by atoms with Crippen LogP contribution in [0.25, 0.3) is 0 Å². The molecular weight excluding hydrogens is 347 g/mol. The first kappa shape index (κ1) is 14.5. The third-order valence-electron chi connectivity index (χ3n) is 3.05. The summed E-state index contributed by atoms with van der Waals surface area (Å²) in [6.07, 6.45) is 5.90. The highest BCUT2D eigenvalue weighted by molar-refractivity contribution is 14.1. The number of nitrogens with one attached hydrogen (secondary N) is 1. The topological polar surface area (TPSA) is 24.9 Å². The molecule has 0 bridgehead atoms. The Morgan fingerprint density at radius 1 is 1.26 bits per heavy atom. The van der Waals surface area contributed by atoms with Crippen molar-refractivity contribution in [1.29, 1.82) is 0 Å². The number of nitrogens with zero attached hydrogens (tertiary/aromatic N) is 1. The van der Waals surface area contributed by atoms with Crippen molar-refractivity contribution in [3.8, 4) is 0 Å². The molecule has 0 aliphatic rings. The van der Waals surface area contributed by atoms with E-state index in [1.807, 2.05) is 18.5 Å². The van der Waals surface area contributed by atoms with E-state index in [2.05, 4.69) is 70.1 Å². The number of pyridine rings is 1. The van der Waals surface area contributed by atoms with Crippen LogP contribution in [-0.4, -0.2) is 11.5 Å². The number of benzene rings is 1. The Morgan fingerprint density at radius 3 is 2.84 bits per heavy atom. The number of hydrogen-bond acceptors (Lipinski definition) is 2. The average Bonchev–Trinajstić information content (AvgIpc) is 2.44. The number of rotatable bonds is 6. The van der Waals surface area contributed by atoms with Crippen LogP contribution in [0.4, 0.5) is 0 Å². The highest BCUT2D eigenvalue weighted by atomic mass is 127. The van der Waals surface area contributed by atoms with Crippen molar-refractivity contribution < 1.29 is 0 Å². The quantitative estimate of drug-likeness (QED) is 0.783. The van der Waals surface area contributed by atoms with Crippen LogP contribution in [0.1, 0.15) is 30.5 Å². The van der Waals surface area contributed by atoms with E-state index in [-0.39, 0.29) is 0 Å². The minimum atomic E-state index is 0.360. The second kappa shape index (κ2) is 7.60. The van der Waals surface area contributed by atoms with Crippen molar-refractivity contribution in [2.24, 2.45) is 0 Å². The normalized spacial score (nSPS) is 12.3. The van der Waals surface area contributed by atoms with Crippen LogP contribution in [0.5, 0.6) is 0 Å². The molecule has 2 nitrogen and oxygen atoms in total. The highest BCUT2D eigenvalue weighted by Gasteiger charge is 2.11. The fourth-order valence-electron chi connectivity index (χ4n) is 2.10. The zero-order valence-corrected chi connectivity index (χ0v) is 13.3. The molecule has 1 aromatic heterocycles. The summed E-state index contributed by atoms with van der Waals surface area (Å²) in [5.41, 5.74) is 2.62. The number of halogens is 1. The maximum atomic E-state index is 4.20. The summed E-state index contributed by atoms with van der Waals surface area (Å²) in [6, 6.07) is 13.2. The van der Waals surface area contributed by atoms with E-state index in [9.17, 15) is 0 Å². The van der Waals surface area contributed by atoms with Gasteiger partial charge in [-0.2, -0.15) is 0 Å². The number of hydrogen-bond donors (Lipinski definition) is 1. The minimum Gasteiger partial charge on any atom is -0.310 e. The van der Waals surface area contributed by atoms with E-state index in [0.29, 0.717) is 6.04 Å². The summed E-state index contributed by atoms with van der Waals surface area (Å²) in [7, 11) is 0.